The summed E-state index contributed by atoms with van der Waals surface area (Å²) in [5.74, 6) is -0.187. The highest BCUT2D eigenvalue weighted by molar-refractivity contribution is 5.88. The average molecular weight is 441 g/mol. The van der Waals surface area contributed by atoms with Gasteiger partial charge in [-0.05, 0) is 74.6 Å². The molecular formula is C26H33FN2O3. The lowest BCUT2D eigenvalue weighted by Gasteiger charge is -2.31. The first kappa shape index (κ1) is 23.8. The van der Waals surface area contributed by atoms with Crippen molar-refractivity contribution in [1.82, 2.24) is 10.2 Å². The first-order valence-corrected chi connectivity index (χ1v) is 11.4. The molecule has 2 aromatic carbocycles. The Morgan fingerprint density at radius 1 is 1.06 bits per heavy atom. The third kappa shape index (κ3) is 6.55. The fraction of sp³-hybridized carbons (Fsp3) is 0.462. The Hall–Kier alpha value is -2.89. The SMILES string of the molecule is Cc1ccc(OCC(=O)N(Cc2ccc(F)cc2)[C@@H](C)C(=O)NC2CCCCC2)cc1C. The van der Waals surface area contributed by atoms with Crippen LogP contribution >= 0.6 is 0 Å². The second-order valence-corrected chi connectivity index (χ2v) is 8.70. The van der Waals surface area contributed by atoms with E-state index in [9.17, 15) is 14.0 Å². The molecule has 0 radical (unpaired) electrons. The predicted octanol–water partition coefficient (Wildman–Crippen LogP) is 4.69. The number of nitrogens with one attached hydrogen (secondary N) is 1. The Morgan fingerprint density at radius 2 is 1.75 bits per heavy atom. The summed E-state index contributed by atoms with van der Waals surface area (Å²) in [5.41, 5.74) is 2.98. The van der Waals surface area contributed by atoms with Gasteiger partial charge in [0.25, 0.3) is 5.91 Å². The van der Waals surface area contributed by atoms with Gasteiger partial charge in [0, 0.05) is 12.6 Å². The lowest BCUT2D eigenvalue weighted by atomic mass is 9.95. The van der Waals surface area contributed by atoms with E-state index in [1.807, 2.05) is 32.0 Å². The van der Waals surface area contributed by atoms with Crippen molar-refractivity contribution in [3.8, 4) is 5.75 Å². The lowest BCUT2D eigenvalue weighted by molar-refractivity contribution is -0.142. The van der Waals surface area contributed by atoms with Crippen molar-refractivity contribution in [2.24, 2.45) is 0 Å². The molecule has 3 rings (SSSR count). The van der Waals surface area contributed by atoms with E-state index >= 15 is 0 Å². The minimum absolute atomic E-state index is 0.160. The summed E-state index contributed by atoms with van der Waals surface area (Å²) in [5, 5.41) is 3.10. The third-order valence-electron chi connectivity index (χ3n) is 6.23. The van der Waals surface area contributed by atoms with Crippen molar-refractivity contribution >= 4 is 11.8 Å². The maximum atomic E-state index is 13.3. The van der Waals surface area contributed by atoms with Gasteiger partial charge in [0.2, 0.25) is 5.91 Å². The molecule has 0 bridgehead atoms. The molecule has 6 heteroatoms. The average Bonchev–Trinajstić information content (AvgIpc) is 2.79. The number of ether oxygens (including phenoxy) is 1. The number of carbonyl (C=O) groups is 2. The van der Waals surface area contributed by atoms with Crippen LogP contribution in [0.3, 0.4) is 0 Å². The number of nitrogens with zero attached hydrogens (tertiary/aromatic N) is 1. The Kier molecular flexibility index (Phi) is 8.26. The minimum atomic E-state index is -0.669. The van der Waals surface area contributed by atoms with Gasteiger partial charge in [-0.15, -0.1) is 0 Å². The van der Waals surface area contributed by atoms with Crippen molar-refractivity contribution in [2.45, 2.75) is 71.5 Å². The van der Waals surface area contributed by atoms with Crippen LogP contribution in [0.4, 0.5) is 4.39 Å². The molecule has 1 aliphatic rings. The number of carbonyl (C=O) groups excluding carboxylic acids is 2. The zero-order chi connectivity index (χ0) is 23.1. The van der Waals surface area contributed by atoms with Gasteiger partial charge in [-0.1, -0.05) is 37.5 Å². The second kappa shape index (κ2) is 11.1. The molecule has 0 heterocycles. The summed E-state index contributed by atoms with van der Waals surface area (Å²) < 4.78 is 19.1. The van der Waals surface area contributed by atoms with Crippen molar-refractivity contribution in [2.75, 3.05) is 6.61 Å². The maximum Gasteiger partial charge on any atom is 0.261 e. The molecule has 0 unspecified atom stereocenters. The van der Waals surface area contributed by atoms with Gasteiger partial charge in [0.1, 0.15) is 17.6 Å². The molecular weight excluding hydrogens is 407 g/mol. The normalized spacial score (nSPS) is 15.1. The van der Waals surface area contributed by atoms with Crippen LogP contribution in [0.1, 0.15) is 55.7 Å². The number of aryl methyl sites for hydroxylation is 2. The largest absolute Gasteiger partial charge is 0.484 e. The van der Waals surface area contributed by atoms with E-state index in [0.29, 0.717) is 5.75 Å². The molecule has 0 aromatic heterocycles. The highest BCUT2D eigenvalue weighted by Gasteiger charge is 2.28. The standard InChI is InChI=1S/C26H33FN2O3/c1-18-9-14-24(15-19(18)2)32-17-25(30)29(16-21-10-12-22(27)13-11-21)20(3)26(31)28-23-7-5-4-6-8-23/h9-15,20,23H,4-8,16-17H2,1-3H3,(H,28,31)/t20-/m0/s1. The van der Waals surface area contributed by atoms with Crippen LogP contribution in [0.15, 0.2) is 42.5 Å². The van der Waals surface area contributed by atoms with E-state index in [2.05, 4.69) is 5.32 Å². The number of hydrogen-bond acceptors (Lipinski definition) is 3. The molecule has 2 amide bonds. The van der Waals surface area contributed by atoms with Gasteiger partial charge in [0.15, 0.2) is 6.61 Å². The van der Waals surface area contributed by atoms with E-state index < -0.39 is 6.04 Å². The van der Waals surface area contributed by atoms with Crippen LogP contribution in [0.25, 0.3) is 0 Å². The Balaban J connectivity index is 1.70. The van der Waals surface area contributed by atoms with E-state index in [1.54, 1.807) is 19.1 Å². The number of hydrogen-bond donors (Lipinski definition) is 1. The van der Waals surface area contributed by atoms with Gasteiger partial charge in [-0.2, -0.15) is 0 Å². The predicted molar refractivity (Wildman–Crippen MR) is 123 cm³/mol. The first-order valence-electron chi connectivity index (χ1n) is 11.4. The Morgan fingerprint density at radius 3 is 2.41 bits per heavy atom. The second-order valence-electron chi connectivity index (χ2n) is 8.70. The van der Waals surface area contributed by atoms with Crippen LogP contribution in [0.2, 0.25) is 0 Å². The van der Waals surface area contributed by atoms with E-state index in [-0.39, 0.29) is 36.8 Å². The number of rotatable bonds is 8. The van der Waals surface area contributed by atoms with Gasteiger partial charge >= 0.3 is 0 Å². The molecule has 1 aliphatic carbocycles. The molecule has 0 spiro atoms. The summed E-state index contributed by atoms with van der Waals surface area (Å²) in [6.45, 7) is 5.76. The molecule has 5 nitrogen and oxygen atoms in total. The minimum Gasteiger partial charge on any atom is -0.484 e. The van der Waals surface area contributed by atoms with Gasteiger partial charge in [0.05, 0.1) is 0 Å². The van der Waals surface area contributed by atoms with Gasteiger partial charge in [-0.25, -0.2) is 4.39 Å². The monoisotopic (exact) mass is 440 g/mol. The highest BCUT2D eigenvalue weighted by atomic mass is 19.1. The summed E-state index contributed by atoms with van der Waals surface area (Å²) in [6, 6.07) is 11.1. The van der Waals surface area contributed by atoms with Crippen LogP contribution in [0.5, 0.6) is 5.75 Å². The van der Waals surface area contributed by atoms with Gasteiger partial charge < -0.3 is 15.0 Å². The summed E-state index contributed by atoms with van der Waals surface area (Å²) in [7, 11) is 0. The molecule has 2 aromatic rings. The Labute approximate surface area is 190 Å². The Bertz CT molecular complexity index is 923. The summed E-state index contributed by atoms with van der Waals surface area (Å²) in [6.07, 6.45) is 5.37. The maximum absolute atomic E-state index is 13.3. The lowest BCUT2D eigenvalue weighted by Crippen LogP contribution is -2.51. The quantitative estimate of drug-likeness (QED) is 0.648. The molecule has 0 aliphatic heterocycles. The molecule has 1 fully saturated rings. The van der Waals surface area contributed by atoms with Crippen molar-refractivity contribution < 1.29 is 18.7 Å². The molecule has 0 saturated heterocycles. The van der Waals surface area contributed by atoms with Crippen molar-refractivity contribution in [1.29, 1.82) is 0 Å². The third-order valence-corrected chi connectivity index (χ3v) is 6.23. The van der Waals surface area contributed by atoms with Crippen LogP contribution in [-0.4, -0.2) is 35.4 Å². The van der Waals surface area contributed by atoms with Crippen LogP contribution in [0, 0.1) is 19.7 Å². The van der Waals surface area contributed by atoms with E-state index in [4.69, 9.17) is 4.74 Å². The number of benzene rings is 2. The fourth-order valence-corrected chi connectivity index (χ4v) is 3.97. The van der Waals surface area contributed by atoms with E-state index in [0.717, 1.165) is 42.4 Å². The van der Waals surface area contributed by atoms with Crippen LogP contribution < -0.4 is 10.1 Å². The first-order chi connectivity index (χ1) is 15.3. The zero-order valence-electron chi connectivity index (χ0n) is 19.2. The molecule has 172 valence electrons. The molecule has 1 atom stereocenters. The molecule has 1 N–H and O–H groups in total. The van der Waals surface area contributed by atoms with Gasteiger partial charge in [-0.3, -0.25) is 9.59 Å². The fourth-order valence-electron chi connectivity index (χ4n) is 3.97. The number of halogens is 1. The molecule has 1 saturated carbocycles. The highest BCUT2D eigenvalue weighted by Crippen LogP contribution is 2.19. The van der Waals surface area contributed by atoms with Crippen molar-refractivity contribution in [3.05, 3.63) is 65.0 Å². The van der Waals surface area contributed by atoms with Crippen LogP contribution in [-0.2, 0) is 16.1 Å². The number of amides is 2. The smallest absolute Gasteiger partial charge is 0.261 e. The molecule has 32 heavy (non-hydrogen) atoms. The zero-order valence-corrected chi connectivity index (χ0v) is 19.2. The van der Waals surface area contributed by atoms with E-state index in [1.165, 1.54) is 23.5 Å². The summed E-state index contributed by atoms with van der Waals surface area (Å²) in [4.78, 5) is 27.6. The summed E-state index contributed by atoms with van der Waals surface area (Å²) >= 11 is 0. The van der Waals surface area contributed by atoms with Crippen molar-refractivity contribution in [3.63, 3.8) is 0 Å². The topological polar surface area (TPSA) is 58.6 Å².